The van der Waals surface area contributed by atoms with Crippen LogP contribution in [0.2, 0.25) is 15.1 Å². The van der Waals surface area contributed by atoms with Crippen LogP contribution in [0, 0.1) is 12.8 Å². The number of sulfonamides is 1. The van der Waals surface area contributed by atoms with E-state index in [9.17, 15) is 12.6 Å². The Labute approximate surface area is 196 Å². The number of unbranched alkanes of at least 4 members (excludes halogenated alkanes) is 1. The van der Waals surface area contributed by atoms with Crippen LogP contribution in [0.4, 0.5) is 5.69 Å². The van der Waals surface area contributed by atoms with Crippen molar-refractivity contribution in [1.29, 1.82) is 0 Å². The molecular weight excluding hydrogens is 487 g/mol. The molecule has 1 unspecified atom stereocenters. The number of hydrogen-bond acceptors (Lipinski definition) is 3. The lowest BCUT2D eigenvalue weighted by Gasteiger charge is -2.25. The van der Waals surface area contributed by atoms with Crippen molar-refractivity contribution < 1.29 is 12.6 Å². The van der Waals surface area contributed by atoms with Gasteiger partial charge in [0.15, 0.2) is 11.0 Å². The van der Waals surface area contributed by atoms with Gasteiger partial charge < -0.3 is 0 Å². The Morgan fingerprint density at radius 3 is 2.20 bits per heavy atom. The minimum atomic E-state index is -3.29. The lowest BCUT2D eigenvalue weighted by atomic mass is 10.3. The lowest BCUT2D eigenvalue weighted by molar-refractivity contribution is 0.579. The standard InChI is InChI=1S/C18H21Cl3N2O3S2.C2H2/c1-2-22-28(25,26)12-4-3-11-23(18-13-15(20)7-10-17(18)21)27(24)16-8-5-14(19)6-9-16;1-2/h5-10,13,22H,2-4,11-12H2,1H3;1-2H. The minimum absolute atomic E-state index is 0.00549. The van der Waals surface area contributed by atoms with Crippen LogP contribution < -0.4 is 9.03 Å². The summed E-state index contributed by atoms with van der Waals surface area (Å²) in [6.07, 6.45) is 8.93. The molecule has 0 amide bonds. The van der Waals surface area contributed by atoms with Crippen molar-refractivity contribution in [2.45, 2.75) is 24.7 Å². The topological polar surface area (TPSA) is 66.5 Å². The van der Waals surface area contributed by atoms with E-state index < -0.39 is 21.0 Å². The molecule has 1 N–H and O–H groups in total. The van der Waals surface area contributed by atoms with E-state index in [4.69, 9.17) is 34.8 Å². The number of nitrogens with one attached hydrogen (secondary N) is 1. The molecular formula is C20H23Cl3N2O3S2. The second-order valence-electron chi connectivity index (χ2n) is 5.92. The zero-order valence-corrected chi connectivity index (χ0v) is 20.3. The average molecular weight is 510 g/mol. The van der Waals surface area contributed by atoms with E-state index >= 15 is 0 Å². The number of rotatable bonds is 10. The van der Waals surface area contributed by atoms with Gasteiger partial charge in [0.25, 0.3) is 0 Å². The number of hydrogen-bond donors (Lipinski definition) is 1. The first-order chi connectivity index (χ1) is 14.2. The second kappa shape index (κ2) is 13.2. The molecule has 10 heteroatoms. The summed E-state index contributed by atoms with van der Waals surface area (Å²) in [6, 6.07) is 11.6. The fourth-order valence-corrected chi connectivity index (χ4v) is 5.47. The van der Waals surface area contributed by atoms with E-state index in [2.05, 4.69) is 17.6 Å². The molecule has 0 aliphatic heterocycles. The van der Waals surface area contributed by atoms with Crippen molar-refractivity contribution in [3.63, 3.8) is 0 Å². The van der Waals surface area contributed by atoms with Gasteiger partial charge in [0, 0.05) is 23.1 Å². The van der Waals surface area contributed by atoms with Gasteiger partial charge in [-0.2, -0.15) is 0 Å². The fourth-order valence-electron chi connectivity index (χ4n) is 2.49. The summed E-state index contributed by atoms with van der Waals surface area (Å²) in [4.78, 5) is 0.556. The molecule has 0 spiro atoms. The summed E-state index contributed by atoms with van der Waals surface area (Å²) in [5.41, 5.74) is 0.525. The van der Waals surface area contributed by atoms with Crippen molar-refractivity contribution in [3.05, 3.63) is 57.5 Å². The maximum absolute atomic E-state index is 13.2. The second-order valence-corrected chi connectivity index (χ2v) is 10.5. The summed E-state index contributed by atoms with van der Waals surface area (Å²) in [7, 11) is -4.85. The van der Waals surface area contributed by atoms with Crippen molar-refractivity contribution >= 4 is 61.5 Å². The smallest absolute Gasteiger partial charge is 0.211 e. The van der Waals surface area contributed by atoms with Crippen molar-refractivity contribution in [1.82, 2.24) is 4.72 Å². The SMILES string of the molecule is C#C.CCNS(=O)(=O)CCCCN(c1cc(Cl)ccc1Cl)S(=O)c1ccc(Cl)cc1. The molecule has 30 heavy (non-hydrogen) atoms. The third-order valence-electron chi connectivity index (χ3n) is 3.78. The van der Waals surface area contributed by atoms with Crippen LogP contribution >= 0.6 is 34.8 Å². The van der Waals surface area contributed by atoms with Gasteiger partial charge in [-0.15, -0.1) is 12.8 Å². The molecule has 2 rings (SSSR count). The highest BCUT2D eigenvalue weighted by atomic mass is 35.5. The number of anilines is 1. The molecule has 164 valence electrons. The van der Waals surface area contributed by atoms with Gasteiger partial charge in [0.2, 0.25) is 10.0 Å². The van der Waals surface area contributed by atoms with Gasteiger partial charge in [-0.3, -0.25) is 4.31 Å². The van der Waals surface area contributed by atoms with Gasteiger partial charge in [-0.05, 0) is 55.3 Å². The summed E-state index contributed by atoms with van der Waals surface area (Å²) >= 11 is 18.3. The van der Waals surface area contributed by atoms with E-state index in [1.54, 1.807) is 53.7 Å². The van der Waals surface area contributed by atoms with Crippen LogP contribution in [-0.2, 0) is 21.0 Å². The molecule has 1 atom stereocenters. The van der Waals surface area contributed by atoms with Crippen molar-refractivity contribution in [3.8, 4) is 12.8 Å². The monoisotopic (exact) mass is 508 g/mol. The molecule has 0 bridgehead atoms. The van der Waals surface area contributed by atoms with Gasteiger partial charge in [-0.25, -0.2) is 17.3 Å². The molecule has 0 heterocycles. The highest BCUT2D eigenvalue weighted by Gasteiger charge is 2.20. The predicted octanol–water partition coefficient (Wildman–Crippen LogP) is 5.14. The predicted molar refractivity (Wildman–Crippen MR) is 128 cm³/mol. The van der Waals surface area contributed by atoms with Gasteiger partial charge in [-0.1, -0.05) is 41.7 Å². The van der Waals surface area contributed by atoms with E-state index in [1.807, 2.05) is 0 Å². The molecule has 0 saturated carbocycles. The van der Waals surface area contributed by atoms with E-state index in [1.165, 1.54) is 0 Å². The molecule has 0 saturated heterocycles. The fraction of sp³-hybridized carbons (Fsp3) is 0.300. The highest BCUT2D eigenvalue weighted by Crippen LogP contribution is 2.32. The summed E-state index contributed by atoms with van der Waals surface area (Å²) in [5, 5.41) is 1.42. The van der Waals surface area contributed by atoms with E-state index in [-0.39, 0.29) is 5.75 Å². The van der Waals surface area contributed by atoms with Crippen LogP contribution in [0.5, 0.6) is 0 Å². The van der Waals surface area contributed by atoms with Crippen LogP contribution in [0.3, 0.4) is 0 Å². The lowest BCUT2D eigenvalue weighted by Crippen LogP contribution is -2.29. The van der Waals surface area contributed by atoms with Crippen molar-refractivity contribution in [2.75, 3.05) is 23.1 Å². The Balaban J connectivity index is 0.00000218. The van der Waals surface area contributed by atoms with E-state index in [0.717, 1.165) is 0 Å². The summed E-state index contributed by atoms with van der Waals surface area (Å²) < 4.78 is 40.8. The third kappa shape index (κ3) is 8.46. The van der Waals surface area contributed by atoms with Gasteiger partial charge in [0.1, 0.15) is 0 Å². The quantitative estimate of drug-likeness (QED) is 0.356. The Morgan fingerprint density at radius 2 is 1.60 bits per heavy atom. The molecule has 0 radical (unpaired) electrons. The molecule has 5 nitrogen and oxygen atoms in total. The van der Waals surface area contributed by atoms with Crippen LogP contribution in [0.25, 0.3) is 0 Å². The first-order valence-corrected chi connectivity index (χ1v) is 12.8. The summed E-state index contributed by atoms with van der Waals surface area (Å²) in [6.45, 7) is 2.43. The maximum Gasteiger partial charge on any atom is 0.211 e. The van der Waals surface area contributed by atoms with Gasteiger partial charge in [0.05, 0.1) is 21.4 Å². The molecule has 2 aromatic carbocycles. The van der Waals surface area contributed by atoms with Crippen LogP contribution in [0.1, 0.15) is 19.8 Å². The van der Waals surface area contributed by atoms with Crippen molar-refractivity contribution in [2.24, 2.45) is 0 Å². The number of nitrogens with zero attached hydrogens (tertiary/aromatic N) is 1. The first-order valence-electron chi connectivity index (χ1n) is 8.94. The largest absolute Gasteiger partial charge is 0.286 e. The number of benzene rings is 2. The van der Waals surface area contributed by atoms with Crippen LogP contribution in [-0.4, -0.2) is 31.5 Å². The molecule has 2 aromatic rings. The molecule has 0 aliphatic rings. The maximum atomic E-state index is 13.2. The third-order valence-corrected chi connectivity index (χ3v) is 7.60. The van der Waals surface area contributed by atoms with E-state index in [0.29, 0.717) is 51.6 Å². The zero-order valence-electron chi connectivity index (χ0n) is 16.4. The molecule has 0 aromatic heterocycles. The molecule has 0 aliphatic carbocycles. The first kappa shape index (κ1) is 26.8. The van der Waals surface area contributed by atoms with Crippen LogP contribution in [0.15, 0.2) is 47.4 Å². The Bertz CT molecular complexity index is 965. The highest BCUT2D eigenvalue weighted by molar-refractivity contribution is 7.89. The summed E-state index contributed by atoms with van der Waals surface area (Å²) in [5.74, 6) is 0.00549. The Kier molecular flexibility index (Phi) is 11.8. The normalized spacial score (nSPS) is 11.9. The molecule has 0 fully saturated rings. The zero-order chi connectivity index (χ0) is 22.7. The number of halogens is 3. The number of terminal acetylenes is 1. The average Bonchev–Trinajstić information content (AvgIpc) is 2.72. The Hall–Kier alpha value is -1.27. The van der Waals surface area contributed by atoms with Gasteiger partial charge >= 0.3 is 0 Å². The Morgan fingerprint density at radius 1 is 1.00 bits per heavy atom. The minimum Gasteiger partial charge on any atom is -0.286 e.